The maximum absolute atomic E-state index is 13.2. The third kappa shape index (κ3) is 2.66. The fourth-order valence-corrected chi connectivity index (χ4v) is 4.34. The Bertz CT molecular complexity index is 1050. The van der Waals surface area contributed by atoms with Crippen LogP contribution in [0, 0.1) is 0 Å². The van der Waals surface area contributed by atoms with Crippen LogP contribution in [0.5, 0.6) is 0 Å². The molecule has 5 nitrogen and oxygen atoms in total. The second-order valence-corrected chi connectivity index (χ2v) is 7.43. The van der Waals surface area contributed by atoms with E-state index < -0.39 is 0 Å². The van der Waals surface area contributed by atoms with E-state index >= 15 is 0 Å². The van der Waals surface area contributed by atoms with Crippen molar-refractivity contribution >= 4 is 28.3 Å². The highest BCUT2D eigenvalue weighted by molar-refractivity contribution is 6.26. The molecule has 0 atom stereocenters. The largest absolute Gasteiger partial charge is 0.371 e. The van der Waals surface area contributed by atoms with Gasteiger partial charge in [-0.3, -0.25) is 19.5 Å². The van der Waals surface area contributed by atoms with Crippen LogP contribution in [-0.4, -0.2) is 34.8 Å². The molecule has 0 spiro atoms. The number of anilines is 1. The van der Waals surface area contributed by atoms with Crippen molar-refractivity contribution in [2.24, 2.45) is 0 Å². The van der Waals surface area contributed by atoms with Gasteiger partial charge in [0.15, 0.2) is 0 Å². The summed E-state index contributed by atoms with van der Waals surface area (Å²) in [5.74, 6) is -0.492. The Labute approximate surface area is 163 Å². The first kappa shape index (κ1) is 16.9. The van der Waals surface area contributed by atoms with Crippen LogP contribution in [-0.2, 0) is 6.54 Å². The number of hydrogen-bond donors (Lipinski definition) is 0. The standard InChI is InChI=1S/C23H21N3O2/c27-22-18-9-6-8-17-20(25-13-4-1-5-14-25)11-10-19(21(17)18)23(28)26(22)15-16-7-2-3-12-24-16/h2-3,6-12H,1,4-5,13-15H2. The molecule has 1 aromatic heterocycles. The molecule has 0 N–H and O–H groups in total. The van der Waals surface area contributed by atoms with Gasteiger partial charge >= 0.3 is 0 Å². The van der Waals surface area contributed by atoms with Crippen LogP contribution in [0.25, 0.3) is 10.8 Å². The number of carbonyl (C=O) groups excluding carboxylic acids is 2. The average molecular weight is 371 g/mol. The van der Waals surface area contributed by atoms with Crippen molar-refractivity contribution in [3.8, 4) is 0 Å². The quantitative estimate of drug-likeness (QED) is 0.653. The minimum absolute atomic E-state index is 0.183. The molecule has 2 aromatic carbocycles. The third-order valence-corrected chi connectivity index (χ3v) is 5.71. The highest BCUT2D eigenvalue weighted by Gasteiger charge is 2.34. The van der Waals surface area contributed by atoms with Crippen molar-refractivity contribution in [2.75, 3.05) is 18.0 Å². The van der Waals surface area contributed by atoms with Crippen molar-refractivity contribution in [3.05, 3.63) is 71.5 Å². The third-order valence-electron chi connectivity index (χ3n) is 5.71. The molecular weight excluding hydrogens is 350 g/mol. The smallest absolute Gasteiger partial charge is 0.261 e. The van der Waals surface area contributed by atoms with Crippen LogP contribution in [0.4, 0.5) is 5.69 Å². The van der Waals surface area contributed by atoms with Crippen molar-refractivity contribution in [2.45, 2.75) is 25.8 Å². The Morgan fingerprint density at radius 2 is 1.61 bits per heavy atom. The minimum Gasteiger partial charge on any atom is -0.371 e. The average Bonchev–Trinajstić information content (AvgIpc) is 2.76. The van der Waals surface area contributed by atoms with Crippen LogP contribution < -0.4 is 4.90 Å². The highest BCUT2D eigenvalue weighted by atomic mass is 16.2. The highest BCUT2D eigenvalue weighted by Crippen LogP contribution is 2.37. The molecule has 0 bridgehead atoms. The van der Waals surface area contributed by atoms with Crippen molar-refractivity contribution in [3.63, 3.8) is 0 Å². The number of benzene rings is 2. The zero-order valence-corrected chi connectivity index (χ0v) is 15.6. The van der Waals surface area contributed by atoms with Gasteiger partial charge in [0.1, 0.15) is 0 Å². The van der Waals surface area contributed by atoms with E-state index in [1.165, 1.54) is 24.2 Å². The SMILES string of the molecule is O=C1c2cccc3c(N4CCCCC4)ccc(c23)C(=O)N1Cc1ccccn1. The molecule has 5 rings (SSSR count). The number of amides is 2. The van der Waals surface area contributed by atoms with Crippen molar-refractivity contribution < 1.29 is 9.59 Å². The Balaban J connectivity index is 1.61. The zero-order chi connectivity index (χ0) is 19.1. The number of rotatable bonds is 3. The van der Waals surface area contributed by atoms with Gasteiger partial charge in [0.2, 0.25) is 0 Å². The van der Waals surface area contributed by atoms with E-state index in [-0.39, 0.29) is 18.4 Å². The van der Waals surface area contributed by atoms with Gasteiger partial charge in [-0.25, -0.2) is 0 Å². The first-order valence-electron chi connectivity index (χ1n) is 9.81. The molecule has 0 aliphatic carbocycles. The topological polar surface area (TPSA) is 53.5 Å². The summed E-state index contributed by atoms with van der Waals surface area (Å²) < 4.78 is 0. The maximum Gasteiger partial charge on any atom is 0.261 e. The molecule has 2 aliphatic heterocycles. The number of nitrogens with zero attached hydrogens (tertiary/aromatic N) is 3. The maximum atomic E-state index is 13.2. The van der Waals surface area contributed by atoms with E-state index in [4.69, 9.17) is 0 Å². The number of aromatic nitrogens is 1. The van der Waals surface area contributed by atoms with E-state index in [1.54, 1.807) is 6.20 Å². The fraction of sp³-hybridized carbons (Fsp3) is 0.261. The Hall–Kier alpha value is -3.21. The van der Waals surface area contributed by atoms with Gasteiger partial charge in [-0.2, -0.15) is 0 Å². The first-order valence-corrected chi connectivity index (χ1v) is 9.81. The molecule has 0 saturated carbocycles. The molecule has 1 fully saturated rings. The summed E-state index contributed by atoms with van der Waals surface area (Å²) in [7, 11) is 0. The van der Waals surface area contributed by atoms with Gasteiger partial charge in [-0.1, -0.05) is 18.2 Å². The summed E-state index contributed by atoms with van der Waals surface area (Å²) in [6, 6.07) is 15.2. The Morgan fingerprint density at radius 1 is 0.821 bits per heavy atom. The van der Waals surface area contributed by atoms with Crippen LogP contribution in [0.2, 0.25) is 0 Å². The number of hydrogen-bond acceptors (Lipinski definition) is 4. The van der Waals surface area contributed by atoms with Crippen LogP contribution in [0.3, 0.4) is 0 Å². The summed E-state index contributed by atoms with van der Waals surface area (Å²) >= 11 is 0. The second kappa shape index (κ2) is 6.75. The lowest BCUT2D eigenvalue weighted by molar-refractivity contribution is 0.0596. The van der Waals surface area contributed by atoms with Crippen LogP contribution in [0.15, 0.2) is 54.7 Å². The molecule has 0 radical (unpaired) electrons. The molecule has 2 amide bonds. The van der Waals surface area contributed by atoms with Gasteiger partial charge in [0, 0.05) is 46.9 Å². The molecular formula is C23H21N3O2. The number of carbonyl (C=O) groups is 2. The van der Waals surface area contributed by atoms with Gasteiger partial charge in [-0.05, 0) is 49.6 Å². The second-order valence-electron chi connectivity index (χ2n) is 7.43. The first-order chi connectivity index (χ1) is 13.7. The van der Waals surface area contributed by atoms with E-state index in [9.17, 15) is 9.59 Å². The predicted molar refractivity (Wildman–Crippen MR) is 108 cm³/mol. The Kier molecular flexibility index (Phi) is 4.08. The lowest BCUT2D eigenvalue weighted by atomic mass is 9.92. The Morgan fingerprint density at radius 3 is 2.36 bits per heavy atom. The molecule has 0 unspecified atom stereocenters. The molecule has 28 heavy (non-hydrogen) atoms. The fourth-order valence-electron chi connectivity index (χ4n) is 4.34. The van der Waals surface area contributed by atoms with Gasteiger partial charge in [0.25, 0.3) is 11.8 Å². The number of imide groups is 1. The summed E-state index contributed by atoms with van der Waals surface area (Å²) in [4.78, 5) is 34.3. The molecule has 5 heteroatoms. The van der Waals surface area contributed by atoms with Gasteiger partial charge in [-0.15, -0.1) is 0 Å². The summed E-state index contributed by atoms with van der Waals surface area (Å²) in [6.07, 6.45) is 5.29. The van der Waals surface area contributed by atoms with Crippen LogP contribution in [0.1, 0.15) is 45.7 Å². The minimum atomic E-state index is -0.246. The normalized spacial score (nSPS) is 16.7. The van der Waals surface area contributed by atoms with E-state index in [2.05, 4.69) is 9.88 Å². The van der Waals surface area contributed by atoms with E-state index in [1.807, 2.05) is 48.5 Å². The molecule has 2 aliphatic rings. The van der Waals surface area contributed by atoms with Crippen molar-refractivity contribution in [1.29, 1.82) is 0 Å². The monoisotopic (exact) mass is 371 g/mol. The van der Waals surface area contributed by atoms with Gasteiger partial charge in [0.05, 0.1) is 12.2 Å². The zero-order valence-electron chi connectivity index (χ0n) is 15.6. The summed E-state index contributed by atoms with van der Waals surface area (Å²) in [6.45, 7) is 2.22. The molecule has 1 saturated heterocycles. The molecule has 3 aromatic rings. The van der Waals surface area contributed by atoms with Crippen LogP contribution >= 0.6 is 0 Å². The summed E-state index contributed by atoms with van der Waals surface area (Å²) in [5.41, 5.74) is 3.02. The lowest BCUT2D eigenvalue weighted by Crippen LogP contribution is -2.40. The number of pyridine rings is 1. The lowest BCUT2D eigenvalue weighted by Gasteiger charge is -2.32. The molecule has 3 heterocycles. The molecule has 140 valence electrons. The number of piperidine rings is 1. The predicted octanol–water partition coefficient (Wildman–Crippen LogP) is 4.02. The van der Waals surface area contributed by atoms with Gasteiger partial charge < -0.3 is 4.90 Å². The summed E-state index contributed by atoms with van der Waals surface area (Å²) in [5, 5.41) is 1.79. The van der Waals surface area contributed by atoms with E-state index in [0.717, 1.165) is 29.5 Å². The van der Waals surface area contributed by atoms with Crippen molar-refractivity contribution in [1.82, 2.24) is 9.88 Å². The van der Waals surface area contributed by atoms with E-state index in [0.29, 0.717) is 16.8 Å².